The van der Waals surface area contributed by atoms with Crippen molar-refractivity contribution in [1.82, 2.24) is 0 Å². The summed E-state index contributed by atoms with van der Waals surface area (Å²) in [6.07, 6.45) is 12.2. The lowest BCUT2D eigenvalue weighted by Gasteiger charge is -2.29. The van der Waals surface area contributed by atoms with E-state index in [2.05, 4.69) is 34.6 Å². The average Bonchev–Trinajstić information content (AvgIpc) is 2.48. The molecule has 0 radical (unpaired) electrons. The quantitative estimate of drug-likeness (QED) is 0.629. The maximum atomic E-state index is 6.37. The molecule has 0 aliphatic heterocycles. The molecule has 6 unspecified atom stereocenters. The molecule has 21 heavy (non-hydrogen) atoms. The van der Waals surface area contributed by atoms with Crippen LogP contribution in [0.1, 0.15) is 92.4 Å². The zero-order chi connectivity index (χ0) is 15.8. The summed E-state index contributed by atoms with van der Waals surface area (Å²) in [7, 11) is 0. The minimum atomic E-state index is 0.435. The Bertz CT molecular complexity index is 239. The smallest absolute Gasteiger partial charge is 0.00390 e. The highest BCUT2D eigenvalue weighted by molar-refractivity contribution is 4.74. The molecule has 1 aliphatic carbocycles. The third-order valence-corrected chi connectivity index (χ3v) is 6.49. The van der Waals surface area contributed by atoms with Gasteiger partial charge in [0.25, 0.3) is 0 Å². The van der Waals surface area contributed by atoms with Crippen LogP contribution in [0.25, 0.3) is 0 Å². The average molecular weight is 296 g/mol. The van der Waals surface area contributed by atoms with Crippen LogP contribution in [0, 0.1) is 29.6 Å². The normalized spacial score (nSPS) is 41.4. The number of hydrogen-bond donors (Lipinski definition) is 1. The van der Waals surface area contributed by atoms with Gasteiger partial charge in [0, 0.05) is 6.04 Å². The molecule has 1 heteroatoms. The molecule has 1 saturated carbocycles. The number of rotatable bonds is 1. The van der Waals surface area contributed by atoms with Crippen LogP contribution in [0.3, 0.4) is 0 Å². The largest absolute Gasteiger partial charge is 0.328 e. The molecule has 0 saturated heterocycles. The van der Waals surface area contributed by atoms with Gasteiger partial charge in [-0.25, -0.2) is 0 Å². The Balaban J connectivity index is 2.60. The van der Waals surface area contributed by atoms with E-state index in [1.165, 1.54) is 57.8 Å². The molecule has 1 rings (SSSR count). The molecule has 0 aromatic carbocycles. The number of nitrogens with two attached hydrogens (primary N) is 1. The molecule has 126 valence electrons. The predicted octanol–water partition coefficient (Wildman–Crippen LogP) is 6.02. The van der Waals surface area contributed by atoms with Crippen LogP contribution in [0.2, 0.25) is 0 Å². The molecule has 0 spiro atoms. The van der Waals surface area contributed by atoms with E-state index in [0.29, 0.717) is 6.04 Å². The third-order valence-electron chi connectivity index (χ3n) is 6.49. The van der Waals surface area contributed by atoms with Gasteiger partial charge in [0.15, 0.2) is 0 Å². The zero-order valence-electron chi connectivity index (χ0n) is 15.4. The standard InChI is InChI=1S/C20H41N/c1-6-19-11-8-15(2)7-9-16(3)18(5)17(4)10-13-20(21)14-12-19/h15-20H,6-14,21H2,1-5H3. The van der Waals surface area contributed by atoms with Crippen molar-refractivity contribution in [3.8, 4) is 0 Å². The van der Waals surface area contributed by atoms with Gasteiger partial charge < -0.3 is 5.73 Å². The summed E-state index contributed by atoms with van der Waals surface area (Å²) in [5, 5.41) is 0. The second-order valence-corrected chi connectivity index (χ2v) is 8.26. The SMILES string of the molecule is CCC1CCC(C)CCC(C)C(C)C(C)CCC(N)CC1. The molecule has 0 heterocycles. The van der Waals surface area contributed by atoms with Crippen LogP contribution in [0.15, 0.2) is 0 Å². The molecule has 1 aliphatic rings. The first-order valence-electron chi connectivity index (χ1n) is 9.69. The summed E-state index contributed by atoms with van der Waals surface area (Å²) in [6.45, 7) is 12.2. The summed E-state index contributed by atoms with van der Waals surface area (Å²) < 4.78 is 0. The van der Waals surface area contributed by atoms with Crippen molar-refractivity contribution >= 4 is 0 Å². The lowest BCUT2D eigenvalue weighted by molar-refractivity contribution is 0.225. The second-order valence-electron chi connectivity index (χ2n) is 8.26. The highest BCUT2D eigenvalue weighted by Gasteiger charge is 2.21. The molecular weight excluding hydrogens is 254 g/mol. The van der Waals surface area contributed by atoms with Gasteiger partial charge in [-0.15, -0.1) is 0 Å². The highest BCUT2D eigenvalue weighted by Crippen LogP contribution is 2.31. The van der Waals surface area contributed by atoms with E-state index in [4.69, 9.17) is 5.73 Å². The first-order valence-corrected chi connectivity index (χ1v) is 9.69. The van der Waals surface area contributed by atoms with Crippen molar-refractivity contribution in [2.24, 2.45) is 35.3 Å². The Morgan fingerprint density at radius 3 is 1.81 bits per heavy atom. The molecule has 1 nitrogen and oxygen atoms in total. The maximum absolute atomic E-state index is 6.37. The Morgan fingerprint density at radius 2 is 1.19 bits per heavy atom. The monoisotopic (exact) mass is 295 g/mol. The Hall–Kier alpha value is -0.0400. The second kappa shape index (κ2) is 9.87. The van der Waals surface area contributed by atoms with E-state index >= 15 is 0 Å². The molecule has 0 amide bonds. The van der Waals surface area contributed by atoms with Gasteiger partial charge in [0.05, 0.1) is 0 Å². The van der Waals surface area contributed by atoms with E-state index in [-0.39, 0.29) is 0 Å². The molecule has 0 bridgehead atoms. The maximum Gasteiger partial charge on any atom is 0.00390 e. The van der Waals surface area contributed by atoms with Gasteiger partial charge >= 0.3 is 0 Å². The summed E-state index contributed by atoms with van der Waals surface area (Å²) in [4.78, 5) is 0. The summed E-state index contributed by atoms with van der Waals surface area (Å²) in [5.74, 6) is 4.35. The molecule has 0 aromatic heterocycles. The van der Waals surface area contributed by atoms with E-state index in [9.17, 15) is 0 Å². The van der Waals surface area contributed by atoms with Crippen LogP contribution in [-0.4, -0.2) is 6.04 Å². The van der Waals surface area contributed by atoms with Gasteiger partial charge in [-0.05, 0) is 55.3 Å². The van der Waals surface area contributed by atoms with Gasteiger partial charge in [0.2, 0.25) is 0 Å². The number of hydrogen-bond acceptors (Lipinski definition) is 1. The summed E-state index contributed by atoms with van der Waals surface area (Å²) >= 11 is 0. The molecule has 2 N–H and O–H groups in total. The van der Waals surface area contributed by atoms with Gasteiger partial charge in [-0.2, -0.15) is 0 Å². The third kappa shape index (κ3) is 7.17. The Labute approximate surface area is 134 Å². The molecule has 1 fully saturated rings. The molecular formula is C20H41N. The van der Waals surface area contributed by atoms with Crippen LogP contribution >= 0.6 is 0 Å². The molecule has 0 aromatic rings. The van der Waals surface area contributed by atoms with E-state index in [1.807, 2.05) is 0 Å². The van der Waals surface area contributed by atoms with Gasteiger partial charge in [-0.1, -0.05) is 66.7 Å². The van der Waals surface area contributed by atoms with E-state index in [1.54, 1.807) is 0 Å². The van der Waals surface area contributed by atoms with Crippen molar-refractivity contribution in [2.75, 3.05) is 0 Å². The fraction of sp³-hybridized carbons (Fsp3) is 1.00. The van der Waals surface area contributed by atoms with Gasteiger partial charge in [-0.3, -0.25) is 0 Å². The Kier molecular flexibility index (Phi) is 8.94. The predicted molar refractivity (Wildman–Crippen MR) is 95.3 cm³/mol. The van der Waals surface area contributed by atoms with Gasteiger partial charge in [0.1, 0.15) is 0 Å². The van der Waals surface area contributed by atoms with Crippen molar-refractivity contribution < 1.29 is 0 Å². The van der Waals surface area contributed by atoms with Crippen molar-refractivity contribution in [3.05, 3.63) is 0 Å². The van der Waals surface area contributed by atoms with Crippen LogP contribution in [-0.2, 0) is 0 Å². The van der Waals surface area contributed by atoms with E-state index < -0.39 is 0 Å². The minimum absolute atomic E-state index is 0.435. The summed E-state index contributed by atoms with van der Waals surface area (Å²) in [5.41, 5.74) is 6.37. The Morgan fingerprint density at radius 1 is 0.714 bits per heavy atom. The lowest BCUT2D eigenvalue weighted by atomic mass is 9.77. The topological polar surface area (TPSA) is 26.0 Å². The zero-order valence-corrected chi connectivity index (χ0v) is 15.4. The van der Waals surface area contributed by atoms with Crippen molar-refractivity contribution in [2.45, 2.75) is 98.4 Å². The van der Waals surface area contributed by atoms with Crippen molar-refractivity contribution in [1.29, 1.82) is 0 Å². The molecule has 6 atom stereocenters. The fourth-order valence-corrected chi connectivity index (χ4v) is 3.92. The first kappa shape index (κ1) is 19.0. The van der Waals surface area contributed by atoms with Crippen LogP contribution in [0.5, 0.6) is 0 Å². The van der Waals surface area contributed by atoms with E-state index in [0.717, 1.165) is 29.6 Å². The summed E-state index contributed by atoms with van der Waals surface area (Å²) in [6, 6.07) is 0.435. The van der Waals surface area contributed by atoms with Crippen molar-refractivity contribution in [3.63, 3.8) is 0 Å². The van der Waals surface area contributed by atoms with Crippen LogP contribution in [0.4, 0.5) is 0 Å². The fourth-order valence-electron chi connectivity index (χ4n) is 3.92. The minimum Gasteiger partial charge on any atom is -0.328 e. The first-order chi connectivity index (χ1) is 9.93. The highest BCUT2D eigenvalue weighted by atomic mass is 14.6. The van der Waals surface area contributed by atoms with Crippen LogP contribution < -0.4 is 5.73 Å². The lowest BCUT2D eigenvalue weighted by Crippen LogP contribution is -2.24.